The first kappa shape index (κ1) is 37.7. The predicted molar refractivity (Wildman–Crippen MR) is 199 cm³/mol. The second kappa shape index (κ2) is 16.3. The Kier molecular flexibility index (Phi) is 12.0. The molecule has 4 aliphatic rings. The van der Waals surface area contributed by atoms with Gasteiger partial charge >= 0.3 is 0 Å². The first-order valence-electron chi connectivity index (χ1n) is 18.0. The van der Waals surface area contributed by atoms with Gasteiger partial charge in [-0.25, -0.2) is 9.20 Å². The average molecular weight is 740 g/mol. The SMILES string of the molecule is C=NC(=O)C(C)(C)OC/C=C/[C@H](OC)[C@@H]1CC[C@H]1CN1C[C@@]2(CCCc3cc(Cl)ccc32)COc2ccc(S(=O)NC(=O)C3CCOCC3)cc21. The minimum atomic E-state index is -1.73. The van der Waals surface area contributed by atoms with Gasteiger partial charge in [0.05, 0.1) is 29.9 Å². The van der Waals surface area contributed by atoms with Gasteiger partial charge in [-0.1, -0.05) is 29.8 Å². The minimum Gasteiger partial charge on any atom is -0.490 e. The molecular formula is C39H50ClN3O7S. The number of ether oxygens (including phenoxy) is 4. The highest BCUT2D eigenvalue weighted by atomic mass is 35.5. The second-order valence-electron chi connectivity index (χ2n) is 14.8. The lowest BCUT2D eigenvalue weighted by atomic mass is 9.68. The summed E-state index contributed by atoms with van der Waals surface area (Å²) in [6.07, 6.45) is 10.1. The molecular weight excluding hydrogens is 690 g/mol. The Labute approximate surface area is 308 Å². The molecule has 12 heteroatoms. The van der Waals surface area contributed by atoms with Crippen LogP contribution in [0.1, 0.15) is 63.5 Å². The van der Waals surface area contributed by atoms with Crippen LogP contribution in [-0.2, 0) is 46.6 Å². The standard InChI is InChI=1S/C39H50ClN3O7S/c1-38(2,37(45)41-3)50-18-6-8-34(47-4)31-12-9-28(31)23-43-24-39(17-5-7-27-21-29(40)10-13-32(27)39)25-49-35-14-11-30(22-33(35)43)51(46)42-36(44)26-15-19-48-20-16-26/h6,8,10-11,13-14,21-22,26,28,31,34H,3,5,7,9,12,15-20,23-25H2,1-2,4H3,(H,42,44)/b8-6+/t28-,31+,34-,39-,51?/m0/s1. The Balaban J connectivity index is 1.25. The highest BCUT2D eigenvalue weighted by Gasteiger charge is 2.44. The lowest BCUT2D eigenvalue weighted by Crippen LogP contribution is -2.49. The van der Waals surface area contributed by atoms with Gasteiger partial charge in [0.1, 0.15) is 11.4 Å². The molecule has 10 nitrogen and oxygen atoms in total. The number of methoxy groups -OCH3 is 1. The zero-order valence-electron chi connectivity index (χ0n) is 29.9. The highest BCUT2D eigenvalue weighted by molar-refractivity contribution is 7.83. The third-order valence-electron chi connectivity index (χ3n) is 11.2. The van der Waals surface area contributed by atoms with Crippen LogP contribution in [0.3, 0.4) is 0 Å². The van der Waals surface area contributed by atoms with Crippen molar-refractivity contribution >= 4 is 46.8 Å². The molecule has 1 spiro atoms. The number of rotatable bonds is 12. The lowest BCUT2D eigenvalue weighted by molar-refractivity contribution is -0.137. The molecule has 2 fully saturated rings. The van der Waals surface area contributed by atoms with E-state index in [4.69, 9.17) is 30.5 Å². The summed E-state index contributed by atoms with van der Waals surface area (Å²) in [5.74, 6) is 0.521. The second-order valence-corrected chi connectivity index (χ2v) is 16.4. The number of nitrogens with one attached hydrogen (secondary N) is 1. The first-order valence-corrected chi connectivity index (χ1v) is 19.5. The highest BCUT2D eigenvalue weighted by Crippen LogP contribution is 2.47. The van der Waals surface area contributed by atoms with Crippen LogP contribution in [0, 0.1) is 17.8 Å². The summed E-state index contributed by atoms with van der Waals surface area (Å²) in [6.45, 7) is 10.0. The monoisotopic (exact) mass is 739 g/mol. The number of aliphatic imine (C=N–C) groups is 1. The number of nitrogens with zero attached hydrogens (tertiary/aromatic N) is 2. The molecule has 6 rings (SSSR count). The van der Waals surface area contributed by atoms with Crippen LogP contribution in [-0.4, -0.2) is 81.1 Å². The van der Waals surface area contributed by atoms with Gasteiger partial charge < -0.3 is 23.8 Å². The number of halogens is 1. The maximum atomic E-state index is 13.6. The van der Waals surface area contributed by atoms with Crippen molar-refractivity contribution in [3.05, 3.63) is 64.7 Å². The van der Waals surface area contributed by atoms with Crippen molar-refractivity contribution < 1.29 is 32.7 Å². The van der Waals surface area contributed by atoms with Gasteiger partial charge in [0.15, 0.2) is 11.0 Å². The number of benzene rings is 2. The topological polar surface area (TPSA) is 116 Å². The summed E-state index contributed by atoms with van der Waals surface area (Å²) in [4.78, 5) is 31.5. The van der Waals surface area contributed by atoms with Crippen molar-refractivity contribution in [1.82, 2.24) is 4.72 Å². The fourth-order valence-electron chi connectivity index (χ4n) is 8.03. The van der Waals surface area contributed by atoms with E-state index in [2.05, 4.69) is 33.5 Å². The number of amides is 2. The summed E-state index contributed by atoms with van der Waals surface area (Å²) in [7, 11) is 0.000968. The van der Waals surface area contributed by atoms with E-state index >= 15 is 0 Å². The third-order valence-corrected chi connectivity index (χ3v) is 12.5. The summed E-state index contributed by atoms with van der Waals surface area (Å²) in [5.41, 5.74) is 2.12. The van der Waals surface area contributed by atoms with E-state index in [0.717, 1.165) is 61.7 Å². The number of anilines is 1. The van der Waals surface area contributed by atoms with Crippen LogP contribution in [0.2, 0.25) is 5.02 Å². The molecule has 2 aliphatic heterocycles. The normalized spacial score (nSPS) is 24.8. The van der Waals surface area contributed by atoms with E-state index in [9.17, 15) is 13.8 Å². The summed E-state index contributed by atoms with van der Waals surface area (Å²) < 4.78 is 40.2. The van der Waals surface area contributed by atoms with Crippen molar-refractivity contribution in [3.8, 4) is 5.75 Å². The molecule has 51 heavy (non-hydrogen) atoms. The molecule has 1 saturated carbocycles. The molecule has 1 saturated heterocycles. The Morgan fingerprint density at radius 3 is 2.73 bits per heavy atom. The van der Waals surface area contributed by atoms with Gasteiger partial charge in [-0.2, -0.15) is 0 Å². The molecule has 276 valence electrons. The van der Waals surface area contributed by atoms with Crippen LogP contribution in [0.25, 0.3) is 0 Å². The van der Waals surface area contributed by atoms with E-state index in [-0.39, 0.29) is 35.9 Å². The molecule has 5 atom stereocenters. The zero-order chi connectivity index (χ0) is 36.2. The Morgan fingerprint density at radius 2 is 2.00 bits per heavy atom. The number of hydrogen-bond acceptors (Lipinski definition) is 8. The van der Waals surface area contributed by atoms with Crippen molar-refractivity contribution in [2.45, 2.75) is 80.8 Å². The smallest absolute Gasteiger partial charge is 0.276 e. The average Bonchev–Trinajstić information content (AvgIpc) is 3.27. The van der Waals surface area contributed by atoms with E-state index in [1.807, 2.05) is 30.4 Å². The van der Waals surface area contributed by atoms with Gasteiger partial charge in [0.25, 0.3) is 5.91 Å². The van der Waals surface area contributed by atoms with E-state index in [1.54, 1.807) is 27.0 Å². The predicted octanol–water partition coefficient (Wildman–Crippen LogP) is 6.00. The van der Waals surface area contributed by atoms with Gasteiger partial charge in [0, 0.05) is 49.8 Å². The molecule has 1 N–H and O–H groups in total. The molecule has 2 aliphatic carbocycles. The van der Waals surface area contributed by atoms with Gasteiger partial charge in [-0.15, -0.1) is 0 Å². The maximum absolute atomic E-state index is 13.6. The summed E-state index contributed by atoms with van der Waals surface area (Å²) in [5, 5.41) is 0.740. The zero-order valence-corrected chi connectivity index (χ0v) is 31.4. The van der Waals surface area contributed by atoms with Gasteiger partial charge in [-0.05, 0) is 119 Å². The van der Waals surface area contributed by atoms with E-state index in [0.29, 0.717) is 43.5 Å². The number of fused-ring (bicyclic) bond motifs is 3. The van der Waals surface area contributed by atoms with Crippen LogP contribution < -0.4 is 14.4 Å². The molecule has 1 unspecified atom stereocenters. The number of hydrogen-bond donors (Lipinski definition) is 1. The maximum Gasteiger partial charge on any atom is 0.276 e. The van der Waals surface area contributed by atoms with Crippen LogP contribution in [0.5, 0.6) is 5.75 Å². The Hall–Kier alpha value is -3.09. The van der Waals surface area contributed by atoms with E-state index in [1.165, 1.54) is 11.1 Å². The third kappa shape index (κ3) is 8.43. The van der Waals surface area contributed by atoms with Crippen molar-refractivity contribution in [2.24, 2.45) is 22.7 Å². The largest absolute Gasteiger partial charge is 0.490 e. The fourth-order valence-corrected chi connectivity index (χ4v) is 9.11. The molecule has 0 radical (unpaired) electrons. The summed E-state index contributed by atoms with van der Waals surface area (Å²) >= 11 is 6.46. The lowest BCUT2D eigenvalue weighted by Gasteiger charge is -2.46. The van der Waals surface area contributed by atoms with Gasteiger partial charge in [-0.3, -0.25) is 14.3 Å². The molecule has 0 aromatic heterocycles. The number of carbonyl (C=O) groups is 2. The molecule has 2 aromatic rings. The molecule has 2 heterocycles. The molecule has 2 amide bonds. The number of carbonyl (C=O) groups excluding carboxylic acids is 2. The quantitative estimate of drug-likeness (QED) is 0.208. The Bertz CT molecular complexity index is 1660. The van der Waals surface area contributed by atoms with Crippen LogP contribution in [0.15, 0.2) is 58.4 Å². The molecule has 0 bridgehead atoms. The van der Waals surface area contributed by atoms with Crippen molar-refractivity contribution in [1.29, 1.82) is 0 Å². The van der Waals surface area contributed by atoms with Crippen LogP contribution >= 0.6 is 11.6 Å². The molecule has 2 aromatic carbocycles. The number of aryl methyl sites for hydroxylation is 1. The van der Waals surface area contributed by atoms with Crippen LogP contribution in [0.4, 0.5) is 5.69 Å². The van der Waals surface area contributed by atoms with E-state index < -0.39 is 22.5 Å². The first-order chi connectivity index (χ1) is 24.5. The van der Waals surface area contributed by atoms with Crippen molar-refractivity contribution in [2.75, 3.05) is 51.5 Å². The van der Waals surface area contributed by atoms with Gasteiger partial charge in [0.2, 0.25) is 5.91 Å². The minimum absolute atomic E-state index is 0.128. The summed E-state index contributed by atoms with van der Waals surface area (Å²) in [6, 6.07) is 11.9. The fraction of sp³-hybridized carbons (Fsp3) is 0.564. The van der Waals surface area contributed by atoms with Crippen molar-refractivity contribution in [3.63, 3.8) is 0 Å². The Morgan fingerprint density at radius 1 is 1.20 bits per heavy atom.